The Bertz CT molecular complexity index is 417. The van der Waals surface area contributed by atoms with Crippen LogP contribution in [-0.2, 0) is 9.59 Å². The number of carbonyl (C=O) groups is 2. The second-order valence-electron chi connectivity index (χ2n) is 5.47. The SMILES string of the molecule is CCN(CC)CCSCC(=O)N1C[C@@H](C(F)(F)F)[C@H](C(=O)O)C1. The number of halogens is 3. The zero-order valence-electron chi connectivity index (χ0n) is 13.3. The normalized spacial score (nSPS) is 21.9. The Balaban J connectivity index is 2.47. The van der Waals surface area contributed by atoms with E-state index in [1.54, 1.807) is 0 Å². The summed E-state index contributed by atoms with van der Waals surface area (Å²) in [4.78, 5) is 26.2. The molecular formula is C14H23F3N2O3S. The van der Waals surface area contributed by atoms with Crippen molar-refractivity contribution in [2.45, 2.75) is 20.0 Å². The molecule has 134 valence electrons. The molecule has 0 aromatic rings. The Morgan fingerprint density at radius 3 is 2.30 bits per heavy atom. The van der Waals surface area contributed by atoms with Crippen molar-refractivity contribution in [3.63, 3.8) is 0 Å². The summed E-state index contributed by atoms with van der Waals surface area (Å²) < 4.78 is 38.6. The maximum Gasteiger partial charge on any atom is 0.394 e. The Morgan fingerprint density at radius 1 is 1.26 bits per heavy atom. The monoisotopic (exact) mass is 356 g/mol. The molecule has 1 aliphatic heterocycles. The van der Waals surface area contributed by atoms with Crippen molar-refractivity contribution in [1.82, 2.24) is 9.80 Å². The summed E-state index contributed by atoms with van der Waals surface area (Å²) in [5, 5.41) is 8.93. The second-order valence-corrected chi connectivity index (χ2v) is 6.58. The van der Waals surface area contributed by atoms with Crippen LogP contribution in [0, 0.1) is 11.8 Å². The van der Waals surface area contributed by atoms with Crippen LogP contribution in [0.5, 0.6) is 0 Å². The maximum absolute atomic E-state index is 12.9. The van der Waals surface area contributed by atoms with Gasteiger partial charge in [-0.15, -0.1) is 0 Å². The number of carboxylic acids is 1. The van der Waals surface area contributed by atoms with Gasteiger partial charge in [0.05, 0.1) is 17.6 Å². The number of carbonyl (C=O) groups excluding carboxylic acids is 1. The van der Waals surface area contributed by atoms with E-state index in [0.29, 0.717) is 5.75 Å². The molecule has 1 N–H and O–H groups in total. The van der Waals surface area contributed by atoms with Gasteiger partial charge in [0.25, 0.3) is 0 Å². The lowest BCUT2D eigenvalue weighted by atomic mass is 9.96. The highest BCUT2D eigenvalue weighted by atomic mass is 32.2. The van der Waals surface area contributed by atoms with E-state index in [1.807, 2.05) is 13.8 Å². The van der Waals surface area contributed by atoms with E-state index in [9.17, 15) is 22.8 Å². The van der Waals surface area contributed by atoms with E-state index in [1.165, 1.54) is 11.8 Å². The van der Waals surface area contributed by atoms with Gasteiger partial charge in [-0.1, -0.05) is 13.8 Å². The van der Waals surface area contributed by atoms with Gasteiger partial charge >= 0.3 is 12.1 Å². The lowest BCUT2D eigenvalue weighted by Crippen LogP contribution is -2.34. The number of alkyl halides is 3. The molecule has 1 aliphatic rings. The molecular weight excluding hydrogens is 333 g/mol. The summed E-state index contributed by atoms with van der Waals surface area (Å²) in [6, 6.07) is 0. The molecule has 0 radical (unpaired) electrons. The van der Waals surface area contributed by atoms with Crippen molar-refractivity contribution in [2.24, 2.45) is 11.8 Å². The van der Waals surface area contributed by atoms with Crippen LogP contribution in [0.15, 0.2) is 0 Å². The predicted molar refractivity (Wildman–Crippen MR) is 82.4 cm³/mol. The largest absolute Gasteiger partial charge is 0.481 e. The lowest BCUT2D eigenvalue weighted by molar-refractivity contribution is -0.188. The minimum Gasteiger partial charge on any atom is -0.481 e. The van der Waals surface area contributed by atoms with Crippen molar-refractivity contribution < 1.29 is 27.9 Å². The van der Waals surface area contributed by atoms with Crippen LogP contribution < -0.4 is 0 Å². The lowest BCUT2D eigenvalue weighted by Gasteiger charge is -2.19. The highest BCUT2D eigenvalue weighted by Crippen LogP contribution is 2.37. The summed E-state index contributed by atoms with van der Waals surface area (Å²) in [7, 11) is 0. The second kappa shape index (κ2) is 8.77. The van der Waals surface area contributed by atoms with Crippen LogP contribution in [0.1, 0.15) is 13.8 Å². The molecule has 1 saturated heterocycles. The van der Waals surface area contributed by atoms with Crippen molar-refractivity contribution in [1.29, 1.82) is 0 Å². The molecule has 0 spiro atoms. The number of hydrogen-bond donors (Lipinski definition) is 1. The Labute approximate surface area is 138 Å². The minimum absolute atomic E-state index is 0.0815. The van der Waals surface area contributed by atoms with Gasteiger partial charge in [0, 0.05) is 25.4 Å². The highest BCUT2D eigenvalue weighted by molar-refractivity contribution is 7.99. The third-order valence-corrected chi connectivity index (χ3v) is 5.00. The summed E-state index contributed by atoms with van der Waals surface area (Å²) >= 11 is 1.36. The number of carboxylic acid groups (broad SMARTS) is 1. The average molecular weight is 356 g/mol. The summed E-state index contributed by atoms with van der Waals surface area (Å²) in [6.07, 6.45) is -4.60. The standard InChI is InChI=1S/C14H23F3N2O3S/c1-3-18(4-2)5-6-23-9-12(20)19-7-10(13(21)22)11(8-19)14(15,16)17/h10-11H,3-9H2,1-2H3,(H,21,22)/t10-,11-/m1/s1. The summed E-state index contributed by atoms with van der Waals surface area (Å²) in [5.74, 6) is -4.68. The van der Waals surface area contributed by atoms with E-state index < -0.39 is 36.4 Å². The van der Waals surface area contributed by atoms with Crippen LogP contribution in [0.2, 0.25) is 0 Å². The van der Waals surface area contributed by atoms with E-state index in [0.717, 1.165) is 24.5 Å². The molecule has 0 aromatic heterocycles. The van der Waals surface area contributed by atoms with Gasteiger partial charge in [0.1, 0.15) is 0 Å². The molecule has 1 fully saturated rings. The first-order valence-electron chi connectivity index (χ1n) is 7.58. The third-order valence-electron chi connectivity index (χ3n) is 4.08. The number of hydrogen-bond acceptors (Lipinski definition) is 4. The topological polar surface area (TPSA) is 60.9 Å². The molecule has 0 aromatic carbocycles. The summed E-state index contributed by atoms with van der Waals surface area (Å²) in [5.41, 5.74) is 0. The number of likely N-dealkylation sites (tertiary alicyclic amines) is 1. The highest BCUT2D eigenvalue weighted by Gasteiger charge is 2.53. The van der Waals surface area contributed by atoms with Gasteiger partial charge in [0.2, 0.25) is 5.91 Å². The molecule has 9 heteroatoms. The quantitative estimate of drug-likeness (QED) is 0.672. The molecule has 2 atom stereocenters. The van der Waals surface area contributed by atoms with Gasteiger partial charge in [-0.3, -0.25) is 9.59 Å². The first-order chi connectivity index (χ1) is 10.7. The molecule has 5 nitrogen and oxygen atoms in total. The Morgan fingerprint density at radius 2 is 1.87 bits per heavy atom. The van der Waals surface area contributed by atoms with Gasteiger partial charge in [-0.2, -0.15) is 24.9 Å². The molecule has 0 saturated carbocycles. The molecule has 0 unspecified atom stereocenters. The number of rotatable bonds is 8. The Hall–Kier alpha value is -0.960. The van der Waals surface area contributed by atoms with Crippen LogP contribution in [-0.4, -0.2) is 77.2 Å². The first-order valence-corrected chi connectivity index (χ1v) is 8.73. The van der Waals surface area contributed by atoms with Gasteiger partial charge in [0.15, 0.2) is 0 Å². The van der Waals surface area contributed by atoms with Crippen LogP contribution in [0.4, 0.5) is 13.2 Å². The van der Waals surface area contributed by atoms with Crippen molar-refractivity contribution in [2.75, 3.05) is 44.2 Å². The van der Waals surface area contributed by atoms with Crippen LogP contribution in [0.25, 0.3) is 0 Å². The van der Waals surface area contributed by atoms with Crippen LogP contribution >= 0.6 is 11.8 Å². The minimum atomic E-state index is -4.60. The van der Waals surface area contributed by atoms with Crippen molar-refractivity contribution in [3.05, 3.63) is 0 Å². The average Bonchev–Trinajstić information content (AvgIpc) is 2.93. The Kier molecular flexibility index (Phi) is 7.66. The fourth-order valence-electron chi connectivity index (χ4n) is 2.57. The third kappa shape index (κ3) is 5.87. The van der Waals surface area contributed by atoms with Gasteiger partial charge in [-0.05, 0) is 13.1 Å². The number of aliphatic carboxylic acids is 1. The van der Waals surface area contributed by atoms with Gasteiger partial charge in [-0.25, -0.2) is 0 Å². The summed E-state index contributed by atoms with van der Waals surface area (Å²) in [6.45, 7) is 5.77. The molecule has 1 amide bonds. The smallest absolute Gasteiger partial charge is 0.394 e. The number of nitrogens with zero attached hydrogens (tertiary/aromatic N) is 2. The van der Waals surface area contributed by atoms with E-state index in [-0.39, 0.29) is 12.3 Å². The van der Waals surface area contributed by atoms with E-state index >= 15 is 0 Å². The number of amides is 1. The van der Waals surface area contributed by atoms with Crippen molar-refractivity contribution in [3.8, 4) is 0 Å². The van der Waals surface area contributed by atoms with Crippen molar-refractivity contribution >= 4 is 23.6 Å². The zero-order valence-corrected chi connectivity index (χ0v) is 14.1. The molecule has 0 bridgehead atoms. The van der Waals surface area contributed by atoms with Crippen LogP contribution in [0.3, 0.4) is 0 Å². The molecule has 1 heterocycles. The molecule has 1 rings (SSSR count). The van der Waals surface area contributed by atoms with E-state index in [4.69, 9.17) is 5.11 Å². The number of thioether (sulfide) groups is 1. The zero-order chi connectivity index (χ0) is 17.6. The fraction of sp³-hybridized carbons (Fsp3) is 0.857. The molecule has 23 heavy (non-hydrogen) atoms. The maximum atomic E-state index is 12.9. The van der Waals surface area contributed by atoms with E-state index in [2.05, 4.69) is 4.90 Å². The first kappa shape index (κ1) is 20.1. The predicted octanol–water partition coefficient (Wildman–Crippen LogP) is 1.78. The fourth-order valence-corrected chi connectivity index (χ4v) is 3.46. The van der Waals surface area contributed by atoms with Gasteiger partial charge < -0.3 is 14.9 Å². The molecule has 0 aliphatic carbocycles.